The molecule has 2 aromatic rings. The second-order valence-corrected chi connectivity index (χ2v) is 5.56. The summed E-state index contributed by atoms with van der Waals surface area (Å²) in [5.74, 6) is 0.807. The van der Waals surface area contributed by atoms with E-state index >= 15 is 0 Å². The summed E-state index contributed by atoms with van der Waals surface area (Å²) in [7, 11) is 0. The fourth-order valence-corrected chi connectivity index (χ4v) is 2.97. The zero-order valence-corrected chi connectivity index (χ0v) is 11.7. The minimum atomic E-state index is -0.363. The molecule has 0 bridgehead atoms. The van der Waals surface area contributed by atoms with Crippen molar-refractivity contribution in [1.29, 1.82) is 0 Å². The Morgan fingerprint density at radius 3 is 2.88 bits per heavy atom. The highest BCUT2D eigenvalue weighted by atomic mass is 79.9. The maximum absolute atomic E-state index is 11.8. The van der Waals surface area contributed by atoms with Gasteiger partial charge in [0.05, 0.1) is 0 Å². The van der Waals surface area contributed by atoms with E-state index in [9.17, 15) is 4.79 Å². The van der Waals surface area contributed by atoms with Crippen LogP contribution in [-0.4, -0.2) is 21.2 Å². The fourth-order valence-electron chi connectivity index (χ4n) is 1.27. The third-order valence-electron chi connectivity index (χ3n) is 1.97. The number of nitrogens with zero attached hydrogens (tertiary/aromatic N) is 2. The summed E-state index contributed by atoms with van der Waals surface area (Å²) in [5.41, 5.74) is 0. The predicted octanol–water partition coefficient (Wildman–Crippen LogP) is 2.60. The Labute approximate surface area is 110 Å². The van der Waals surface area contributed by atoms with Gasteiger partial charge in [-0.2, -0.15) is 5.10 Å². The van der Waals surface area contributed by atoms with Crippen LogP contribution in [0.4, 0.5) is 0 Å². The van der Waals surface area contributed by atoms with Crippen molar-refractivity contribution in [3.05, 3.63) is 31.9 Å². The number of hydrogen-bond acceptors (Lipinski definition) is 5. The van der Waals surface area contributed by atoms with Crippen molar-refractivity contribution < 1.29 is 9.53 Å². The molecule has 2 aromatic heterocycles. The highest BCUT2D eigenvalue weighted by Gasteiger charge is 2.15. The Bertz CT molecular complexity index is 549. The van der Waals surface area contributed by atoms with Crippen molar-refractivity contribution in [3.8, 4) is 0 Å². The zero-order chi connectivity index (χ0) is 12.4. The highest BCUT2D eigenvalue weighted by Crippen LogP contribution is 2.27. The molecule has 2 heterocycles. The van der Waals surface area contributed by atoms with Gasteiger partial charge in [0.25, 0.3) is 0 Å². The first-order chi connectivity index (χ1) is 8.06. The van der Waals surface area contributed by atoms with E-state index in [4.69, 9.17) is 4.74 Å². The molecular formula is C10H10BrN3O2S. The van der Waals surface area contributed by atoms with E-state index in [1.165, 1.54) is 11.3 Å². The van der Waals surface area contributed by atoms with Gasteiger partial charge in [-0.25, -0.2) is 9.78 Å². The van der Waals surface area contributed by atoms with Gasteiger partial charge in [-0.3, -0.25) is 5.10 Å². The maximum Gasteiger partial charge on any atom is 0.349 e. The molecule has 0 atom stereocenters. The standard InChI is InChI=1S/C10H10BrN3O2S/c1-5-3-7(11)9(17-5)10(15)16-4-8-12-6(2)13-14-8/h3H,4H2,1-2H3,(H,12,13,14). The topological polar surface area (TPSA) is 67.9 Å². The summed E-state index contributed by atoms with van der Waals surface area (Å²) in [4.78, 5) is 17.4. The Morgan fingerprint density at radius 1 is 1.59 bits per heavy atom. The lowest BCUT2D eigenvalue weighted by Gasteiger charge is -2.00. The number of carbonyl (C=O) groups is 1. The molecule has 0 fully saturated rings. The first-order valence-corrected chi connectivity index (χ1v) is 6.48. The van der Waals surface area contributed by atoms with E-state index in [2.05, 4.69) is 31.1 Å². The van der Waals surface area contributed by atoms with Gasteiger partial charge in [0.2, 0.25) is 0 Å². The summed E-state index contributed by atoms with van der Waals surface area (Å²) < 4.78 is 5.88. The number of H-pyrrole nitrogens is 1. The van der Waals surface area contributed by atoms with Crippen molar-refractivity contribution in [2.45, 2.75) is 20.5 Å². The zero-order valence-electron chi connectivity index (χ0n) is 9.28. The first-order valence-electron chi connectivity index (χ1n) is 4.87. The summed E-state index contributed by atoms with van der Waals surface area (Å²) in [6.07, 6.45) is 0. The largest absolute Gasteiger partial charge is 0.453 e. The molecule has 2 rings (SSSR count). The molecule has 0 saturated carbocycles. The maximum atomic E-state index is 11.8. The third-order valence-corrected chi connectivity index (χ3v) is 3.89. The molecule has 0 aromatic carbocycles. The van der Waals surface area contributed by atoms with E-state index in [1.807, 2.05) is 13.0 Å². The number of hydrogen-bond donors (Lipinski definition) is 1. The van der Waals surface area contributed by atoms with Crippen LogP contribution in [0.25, 0.3) is 0 Å². The Kier molecular flexibility index (Phi) is 3.58. The second kappa shape index (κ2) is 4.97. The lowest BCUT2D eigenvalue weighted by Crippen LogP contribution is -2.04. The number of carbonyl (C=O) groups excluding carboxylic acids is 1. The number of nitrogens with one attached hydrogen (secondary N) is 1. The van der Waals surface area contributed by atoms with E-state index in [0.717, 1.165) is 9.35 Å². The van der Waals surface area contributed by atoms with Crippen molar-refractivity contribution in [2.75, 3.05) is 0 Å². The van der Waals surface area contributed by atoms with Crippen molar-refractivity contribution in [3.63, 3.8) is 0 Å². The Balaban J connectivity index is 2.00. The molecule has 0 aliphatic rings. The molecule has 17 heavy (non-hydrogen) atoms. The lowest BCUT2D eigenvalue weighted by molar-refractivity contribution is 0.0467. The Hall–Kier alpha value is -1.21. The van der Waals surface area contributed by atoms with Crippen LogP contribution in [0.15, 0.2) is 10.5 Å². The van der Waals surface area contributed by atoms with Crippen LogP contribution < -0.4 is 0 Å². The van der Waals surface area contributed by atoms with Crippen LogP contribution >= 0.6 is 27.3 Å². The van der Waals surface area contributed by atoms with Gasteiger partial charge in [-0.05, 0) is 35.8 Å². The number of rotatable bonds is 3. The molecule has 1 N–H and O–H groups in total. The van der Waals surface area contributed by atoms with Crippen LogP contribution in [0.2, 0.25) is 0 Å². The van der Waals surface area contributed by atoms with Gasteiger partial charge >= 0.3 is 5.97 Å². The summed E-state index contributed by atoms with van der Waals surface area (Å²) >= 11 is 4.71. The monoisotopic (exact) mass is 315 g/mol. The molecule has 7 heteroatoms. The number of aryl methyl sites for hydroxylation is 2. The van der Waals surface area contributed by atoms with Gasteiger partial charge in [0, 0.05) is 9.35 Å². The molecule has 0 aliphatic heterocycles. The van der Waals surface area contributed by atoms with Crippen LogP contribution in [0.5, 0.6) is 0 Å². The Morgan fingerprint density at radius 2 is 2.35 bits per heavy atom. The first kappa shape index (κ1) is 12.3. The van der Waals surface area contributed by atoms with E-state index < -0.39 is 0 Å². The number of esters is 1. The highest BCUT2D eigenvalue weighted by molar-refractivity contribution is 9.10. The molecular weight excluding hydrogens is 306 g/mol. The molecule has 0 saturated heterocycles. The van der Waals surface area contributed by atoms with Crippen molar-refractivity contribution >= 4 is 33.2 Å². The molecule has 0 unspecified atom stereocenters. The average molecular weight is 316 g/mol. The van der Waals surface area contributed by atoms with Gasteiger partial charge in [-0.1, -0.05) is 0 Å². The van der Waals surface area contributed by atoms with Gasteiger partial charge in [-0.15, -0.1) is 11.3 Å². The smallest absolute Gasteiger partial charge is 0.349 e. The number of ether oxygens (including phenoxy) is 1. The van der Waals surface area contributed by atoms with E-state index in [-0.39, 0.29) is 12.6 Å². The number of aromatic amines is 1. The molecule has 90 valence electrons. The van der Waals surface area contributed by atoms with Crippen molar-refractivity contribution in [1.82, 2.24) is 15.2 Å². The molecule has 0 aliphatic carbocycles. The summed E-state index contributed by atoms with van der Waals surface area (Å²) in [6.45, 7) is 3.80. The van der Waals surface area contributed by atoms with Gasteiger partial charge in [0.15, 0.2) is 12.4 Å². The van der Waals surface area contributed by atoms with E-state index in [0.29, 0.717) is 16.5 Å². The van der Waals surface area contributed by atoms with Crippen molar-refractivity contribution in [2.24, 2.45) is 0 Å². The third kappa shape index (κ3) is 2.92. The minimum Gasteiger partial charge on any atom is -0.453 e. The molecule has 0 amide bonds. The number of halogens is 1. The van der Waals surface area contributed by atoms with Crippen LogP contribution in [-0.2, 0) is 11.3 Å². The molecule has 0 radical (unpaired) electrons. The van der Waals surface area contributed by atoms with Crippen LogP contribution in [0, 0.1) is 13.8 Å². The predicted molar refractivity (Wildman–Crippen MR) is 67.0 cm³/mol. The van der Waals surface area contributed by atoms with Crippen LogP contribution in [0.1, 0.15) is 26.2 Å². The molecule has 5 nitrogen and oxygen atoms in total. The second-order valence-electron chi connectivity index (χ2n) is 3.45. The SMILES string of the molecule is Cc1nc(COC(=O)c2sc(C)cc2Br)n[nH]1. The van der Waals surface area contributed by atoms with E-state index in [1.54, 1.807) is 6.92 Å². The summed E-state index contributed by atoms with van der Waals surface area (Å²) in [6, 6.07) is 1.89. The van der Waals surface area contributed by atoms with Crippen LogP contribution in [0.3, 0.4) is 0 Å². The van der Waals surface area contributed by atoms with Gasteiger partial charge < -0.3 is 4.74 Å². The minimum absolute atomic E-state index is 0.0760. The van der Waals surface area contributed by atoms with Gasteiger partial charge in [0.1, 0.15) is 10.7 Å². The summed E-state index contributed by atoms with van der Waals surface area (Å²) in [5, 5.41) is 6.58. The fraction of sp³-hybridized carbons (Fsp3) is 0.300. The lowest BCUT2D eigenvalue weighted by atomic mass is 10.4. The molecule has 0 spiro atoms. The normalized spacial score (nSPS) is 10.5. The number of aromatic nitrogens is 3. The average Bonchev–Trinajstić information content (AvgIpc) is 2.81. The quantitative estimate of drug-likeness (QED) is 0.884. The number of thiophene rings is 1.